The van der Waals surface area contributed by atoms with E-state index in [1.807, 2.05) is 55.6 Å². The molecule has 2 aliphatic rings. The summed E-state index contributed by atoms with van der Waals surface area (Å²) in [6, 6.07) is 15.6. The smallest absolute Gasteiger partial charge is 0.283 e. The summed E-state index contributed by atoms with van der Waals surface area (Å²) in [6.07, 6.45) is 5.30. The molecule has 0 atom stereocenters. The minimum atomic E-state index is -0.412. The Morgan fingerprint density at radius 3 is 2.80 bits per heavy atom. The van der Waals surface area contributed by atoms with Crippen LogP contribution in [-0.4, -0.2) is 45.2 Å². The fraction of sp³-hybridized carbons (Fsp3) is 0.231. The van der Waals surface area contributed by atoms with Gasteiger partial charge in [0.05, 0.1) is 19.3 Å². The van der Waals surface area contributed by atoms with Crippen LogP contribution in [0.15, 0.2) is 70.4 Å². The van der Waals surface area contributed by atoms with Crippen LogP contribution < -0.4 is 9.47 Å². The van der Waals surface area contributed by atoms with Crippen LogP contribution in [0.3, 0.4) is 0 Å². The molecule has 0 fully saturated rings. The van der Waals surface area contributed by atoms with Crippen molar-refractivity contribution >= 4 is 50.7 Å². The Balaban J connectivity index is 1.35. The normalized spacial score (nSPS) is 16.5. The average Bonchev–Trinajstić information content (AvgIpc) is 3.46. The number of nitrogens with zero attached hydrogens (tertiary/aromatic N) is 4. The number of amides is 1. The summed E-state index contributed by atoms with van der Waals surface area (Å²) in [5.74, 6) is 1.18. The minimum absolute atomic E-state index is 0.0551. The van der Waals surface area contributed by atoms with E-state index in [1.54, 1.807) is 13.2 Å². The molecule has 0 bridgehead atoms. The zero-order valence-corrected chi connectivity index (χ0v) is 20.3. The number of carbonyl (C=O) groups is 1. The third kappa shape index (κ3) is 4.59. The van der Waals surface area contributed by atoms with Crippen molar-refractivity contribution in [3.63, 3.8) is 0 Å². The number of carbonyl (C=O) groups excluding carboxylic acids is 1. The third-order valence-corrected chi connectivity index (χ3v) is 6.82. The maximum absolute atomic E-state index is 12.8. The molecule has 3 heterocycles. The first kappa shape index (κ1) is 22.9. The van der Waals surface area contributed by atoms with Gasteiger partial charge in [0.15, 0.2) is 5.84 Å². The Morgan fingerprint density at radius 2 is 1.97 bits per heavy atom. The molecule has 0 saturated carbocycles. The van der Waals surface area contributed by atoms with Crippen LogP contribution in [0, 0.1) is 5.41 Å². The molecule has 35 heavy (non-hydrogen) atoms. The molecular formula is C26H25N5O3S. The monoisotopic (exact) mass is 487 g/mol. The molecule has 1 amide bonds. The number of hydrogen-bond donors (Lipinski definition) is 1. The third-order valence-electron chi connectivity index (χ3n) is 5.77. The number of benzene rings is 2. The molecule has 0 aliphatic carbocycles. The lowest BCUT2D eigenvalue weighted by atomic mass is 10.1. The van der Waals surface area contributed by atoms with Gasteiger partial charge in [0.2, 0.25) is 5.17 Å². The molecule has 0 saturated heterocycles. The van der Waals surface area contributed by atoms with Crippen LogP contribution in [0.1, 0.15) is 25.3 Å². The molecule has 9 heteroatoms. The van der Waals surface area contributed by atoms with Gasteiger partial charge in [-0.15, -0.1) is 0 Å². The zero-order valence-electron chi connectivity index (χ0n) is 19.5. The number of para-hydroxylation sites is 1. The van der Waals surface area contributed by atoms with Gasteiger partial charge in [-0.05, 0) is 48.9 Å². The standard InChI is InChI=1S/C26H25N5O3S/c1-3-23-29-31-24(27)21(25(32)28-26(31)35-23)14-17-16-30(22-11-5-4-10-20(17)22)12-7-13-34-19-9-6-8-18(15-19)33-2/h4-6,8-11,14-16,27H,3,7,12-13H2,1-2H3/b21-14-,27-24?. The molecule has 1 N–H and O–H groups in total. The number of methoxy groups -OCH3 is 1. The predicted octanol–water partition coefficient (Wildman–Crippen LogP) is 5.15. The fourth-order valence-electron chi connectivity index (χ4n) is 4.02. The number of hydrazone groups is 1. The van der Waals surface area contributed by atoms with Crippen LogP contribution in [0.2, 0.25) is 0 Å². The van der Waals surface area contributed by atoms with E-state index in [0.717, 1.165) is 52.4 Å². The van der Waals surface area contributed by atoms with Crippen molar-refractivity contribution in [2.24, 2.45) is 10.1 Å². The number of thioether (sulfide) groups is 1. The van der Waals surface area contributed by atoms with E-state index in [4.69, 9.17) is 14.9 Å². The Kier molecular flexibility index (Phi) is 6.41. The SMILES string of the molecule is CCC1=NN2C(=N)/C(=C/c3cn(CCCOc4cccc(OC)c4)c4ccccc34)C(=O)N=C2S1. The van der Waals surface area contributed by atoms with Crippen LogP contribution in [0.5, 0.6) is 11.5 Å². The molecule has 2 aliphatic heterocycles. The van der Waals surface area contributed by atoms with Crippen molar-refractivity contribution in [1.29, 1.82) is 5.41 Å². The van der Waals surface area contributed by atoms with Gasteiger partial charge >= 0.3 is 0 Å². The van der Waals surface area contributed by atoms with Gasteiger partial charge in [-0.25, -0.2) is 0 Å². The zero-order chi connectivity index (χ0) is 24.4. The first-order chi connectivity index (χ1) is 17.1. The second-order valence-electron chi connectivity index (χ2n) is 8.04. The van der Waals surface area contributed by atoms with E-state index in [0.29, 0.717) is 11.8 Å². The number of rotatable bonds is 8. The highest BCUT2D eigenvalue weighted by Gasteiger charge is 2.35. The van der Waals surface area contributed by atoms with Crippen LogP contribution in [-0.2, 0) is 11.3 Å². The maximum Gasteiger partial charge on any atom is 0.283 e. The van der Waals surface area contributed by atoms with Crippen molar-refractivity contribution in [3.8, 4) is 11.5 Å². The van der Waals surface area contributed by atoms with E-state index >= 15 is 0 Å². The van der Waals surface area contributed by atoms with Gasteiger partial charge in [0.25, 0.3) is 5.91 Å². The van der Waals surface area contributed by atoms with Gasteiger partial charge in [0, 0.05) is 35.3 Å². The van der Waals surface area contributed by atoms with Gasteiger partial charge in [-0.1, -0.05) is 31.2 Å². The molecular weight excluding hydrogens is 462 g/mol. The highest BCUT2D eigenvalue weighted by atomic mass is 32.2. The molecule has 2 aromatic carbocycles. The summed E-state index contributed by atoms with van der Waals surface area (Å²) in [5.41, 5.74) is 2.16. The second kappa shape index (κ2) is 9.79. The topological polar surface area (TPSA) is 92.3 Å². The molecule has 0 unspecified atom stereocenters. The average molecular weight is 488 g/mol. The van der Waals surface area contributed by atoms with Crippen molar-refractivity contribution in [2.45, 2.75) is 26.3 Å². The highest BCUT2D eigenvalue weighted by molar-refractivity contribution is 8.26. The largest absolute Gasteiger partial charge is 0.497 e. The van der Waals surface area contributed by atoms with Crippen LogP contribution >= 0.6 is 11.8 Å². The molecule has 3 aromatic rings. The first-order valence-corrected chi connectivity index (χ1v) is 12.2. The van der Waals surface area contributed by atoms with E-state index in [1.165, 1.54) is 16.8 Å². The van der Waals surface area contributed by atoms with E-state index in [-0.39, 0.29) is 11.4 Å². The summed E-state index contributed by atoms with van der Waals surface area (Å²) >= 11 is 1.34. The fourth-order valence-corrected chi connectivity index (χ4v) is 4.85. The molecule has 1 aromatic heterocycles. The number of amidine groups is 2. The lowest BCUT2D eigenvalue weighted by Gasteiger charge is -2.20. The van der Waals surface area contributed by atoms with Crippen molar-refractivity contribution in [2.75, 3.05) is 13.7 Å². The lowest BCUT2D eigenvalue weighted by Crippen LogP contribution is -2.35. The van der Waals surface area contributed by atoms with Gasteiger partial charge in [-0.3, -0.25) is 10.2 Å². The predicted molar refractivity (Wildman–Crippen MR) is 140 cm³/mol. The van der Waals surface area contributed by atoms with Gasteiger partial charge in [0.1, 0.15) is 16.5 Å². The minimum Gasteiger partial charge on any atom is -0.497 e. The number of nitrogens with one attached hydrogen (secondary N) is 1. The van der Waals surface area contributed by atoms with Crippen molar-refractivity contribution < 1.29 is 14.3 Å². The number of aliphatic imine (C=N–C) groups is 1. The Bertz CT molecular complexity index is 1400. The van der Waals surface area contributed by atoms with E-state index in [9.17, 15) is 4.79 Å². The summed E-state index contributed by atoms with van der Waals surface area (Å²) in [4.78, 5) is 16.9. The molecule has 0 radical (unpaired) electrons. The van der Waals surface area contributed by atoms with Crippen LogP contribution in [0.25, 0.3) is 17.0 Å². The van der Waals surface area contributed by atoms with Gasteiger partial charge in [-0.2, -0.15) is 15.1 Å². The molecule has 178 valence electrons. The first-order valence-electron chi connectivity index (χ1n) is 11.4. The molecule has 8 nitrogen and oxygen atoms in total. The summed E-state index contributed by atoms with van der Waals surface area (Å²) < 4.78 is 13.3. The number of hydrogen-bond acceptors (Lipinski definition) is 6. The molecule has 0 spiro atoms. The lowest BCUT2D eigenvalue weighted by molar-refractivity contribution is -0.114. The second-order valence-corrected chi connectivity index (χ2v) is 9.08. The maximum atomic E-state index is 12.8. The van der Waals surface area contributed by atoms with E-state index < -0.39 is 5.91 Å². The summed E-state index contributed by atoms with van der Waals surface area (Å²) in [5, 5.41) is 16.8. The highest BCUT2D eigenvalue weighted by Crippen LogP contribution is 2.31. The Labute approximate surface area is 207 Å². The quantitative estimate of drug-likeness (QED) is 0.351. The summed E-state index contributed by atoms with van der Waals surface area (Å²) in [7, 11) is 1.64. The number of fused-ring (bicyclic) bond motifs is 2. The number of ether oxygens (including phenoxy) is 2. The number of aryl methyl sites for hydroxylation is 1. The van der Waals surface area contributed by atoms with E-state index in [2.05, 4.69) is 20.7 Å². The Hall–Kier alpha value is -3.85. The van der Waals surface area contributed by atoms with Crippen LogP contribution in [0.4, 0.5) is 0 Å². The Morgan fingerprint density at radius 1 is 1.14 bits per heavy atom. The molecule has 5 rings (SSSR count). The van der Waals surface area contributed by atoms with Crippen molar-refractivity contribution in [1.82, 2.24) is 9.58 Å². The van der Waals surface area contributed by atoms with Crippen molar-refractivity contribution in [3.05, 3.63) is 65.9 Å². The summed E-state index contributed by atoms with van der Waals surface area (Å²) in [6.45, 7) is 3.29. The van der Waals surface area contributed by atoms with Gasteiger partial charge < -0.3 is 14.0 Å². The number of aromatic nitrogens is 1.